The Morgan fingerprint density at radius 3 is 2.79 bits per heavy atom. The van der Waals surface area contributed by atoms with Gasteiger partial charge in [0.15, 0.2) is 0 Å². The van der Waals surface area contributed by atoms with Crippen molar-refractivity contribution in [2.24, 2.45) is 0 Å². The summed E-state index contributed by atoms with van der Waals surface area (Å²) in [5, 5.41) is 3.06. The minimum Gasteiger partial charge on any atom is -0.373 e. The fourth-order valence-corrected chi connectivity index (χ4v) is 3.64. The van der Waals surface area contributed by atoms with E-state index < -0.39 is 0 Å². The third-order valence-electron chi connectivity index (χ3n) is 3.61. The highest BCUT2D eigenvalue weighted by Crippen LogP contribution is 2.27. The molecule has 2 fully saturated rings. The molecular weight excluding hydrogens is 286 g/mol. The first-order valence-electron chi connectivity index (χ1n) is 6.52. The largest absolute Gasteiger partial charge is 0.373 e. The van der Waals surface area contributed by atoms with E-state index in [1.54, 1.807) is 12.1 Å². The van der Waals surface area contributed by atoms with Crippen LogP contribution in [0, 0.1) is 0 Å². The summed E-state index contributed by atoms with van der Waals surface area (Å²) in [6.07, 6.45) is 3.05. The fraction of sp³-hybridized carbons (Fsp3) is 0.615. The molecule has 3 rings (SSSR count). The molecule has 1 aliphatic carbocycles. The Morgan fingerprint density at radius 1 is 1.26 bits per heavy atom. The number of ether oxygens (including phenoxy) is 2. The zero-order valence-corrected chi connectivity index (χ0v) is 12.0. The van der Waals surface area contributed by atoms with E-state index in [9.17, 15) is 4.79 Å². The van der Waals surface area contributed by atoms with Gasteiger partial charge >= 0.3 is 0 Å². The number of halogens is 1. The standard InChI is InChI=1S/C13H16ClNO3S/c14-12-4-3-11(19-12)13(16)15-8-1-2-9-10(7-8)18-6-5-17-9/h3-4,8-10H,1-2,5-7H2,(H,15,16)/t8-,9-,10-/m1/s1. The normalized spacial score (nSPS) is 30.7. The molecule has 6 heteroatoms. The smallest absolute Gasteiger partial charge is 0.261 e. The molecule has 3 atom stereocenters. The second-order valence-electron chi connectivity index (χ2n) is 4.91. The van der Waals surface area contributed by atoms with Gasteiger partial charge in [-0.1, -0.05) is 11.6 Å². The molecule has 0 spiro atoms. The lowest BCUT2D eigenvalue weighted by atomic mass is 9.89. The average molecular weight is 302 g/mol. The van der Waals surface area contributed by atoms with Crippen LogP contribution in [0.4, 0.5) is 0 Å². The van der Waals surface area contributed by atoms with E-state index in [1.165, 1.54) is 11.3 Å². The molecule has 2 heterocycles. The van der Waals surface area contributed by atoms with Crippen molar-refractivity contribution in [3.05, 3.63) is 21.3 Å². The summed E-state index contributed by atoms with van der Waals surface area (Å²) < 4.78 is 12.0. The summed E-state index contributed by atoms with van der Waals surface area (Å²) in [6, 6.07) is 3.67. The van der Waals surface area contributed by atoms with E-state index in [2.05, 4.69) is 5.32 Å². The minimum absolute atomic E-state index is 0.0444. The highest BCUT2D eigenvalue weighted by molar-refractivity contribution is 7.17. The van der Waals surface area contributed by atoms with Gasteiger partial charge < -0.3 is 14.8 Å². The molecule has 1 saturated carbocycles. The Labute approximate surface area is 121 Å². The Hall–Kier alpha value is -0.620. The molecule has 0 radical (unpaired) electrons. The number of hydrogen-bond acceptors (Lipinski definition) is 4. The Kier molecular flexibility index (Phi) is 4.07. The van der Waals surface area contributed by atoms with Crippen LogP contribution in [-0.2, 0) is 9.47 Å². The van der Waals surface area contributed by atoms with E-state index in [0.29, 0.717) is 22.4 Å². The minimum atomic E-state index is -0.0444. The van der Waals surface area contributed by atoms with Crippen molar-refractivity contribution < 1.29 is 14.3 Å². The summed E-state index contributed by atoms with van der Waals surface area (Å²) in [5.74, 6) is -0.0444. The first kappa shape index (κ1) is 13.4. The van der Waals surface area contributed by atoms with Crippen molar-refractivity contribution >= 4 is 28.8 Å². The number of fused-ring (bicyclic) bond motifs is 1. The van der Waals surface area contributed by atoms with Crippen molar-refractivity contribution in [3.8, 4) is 0 Å². The summed E-state index contributed by atoms with van der Waals surface area (Å²) in [7, 11) is 0. The lowest BCUT2D eigenvalue weighted by Crippen LogP contribution is -2.49. The van der Waals surface area contributed by atoms with E-state index in [-0.39, 0.29) is 24.2 Å². The molecule has 4 nitrogen and oxygen atoms in total. The maximum absolute atomic E-state index is 12.1. The number of nitrogens with one attached hydrogen (secondary N) is 1. The first-order valence-corrected chi connectivity index (χ1v) is 7.71. The quantitative estimate of drug-likeness (QED) is 0.913. The average Bonchev–Trinajstić information content (AvgIpc) is 2.85. The molecule has 2 aliphatic rings. The van der Waals surface area contributed by atoms with Gasteiger partial charge in [-0.25, -0.2) is 0 Å². The molecule has 1 N–H and O–H groups in total. The molecule has 1 aliphatic heterocycles. The fourth-order valence-electron chi connectivity index (χ4n) is 2.69. The van der Waals surface area contributed by atoms with E-state index in [4.69, 9.17) is 21.1 Å². The van der Waals surface area contributed by atoms with Crippen LogP contribution in [0.1, 0.15) is 28.9 Å². The van der Waals surface area contributed by atoms with Gasteiger partial charge in [-0.05, 0) is 31.4 Å². The number of hydrogen-bond donors (Lipinski definition) is 1. The maximum Gasteiger partial charge on any atom is 0.261 e. The lowest BCUT2D eigenvalue weighted by molar-refractivity contribution is -0.157. The Balaban J connectivity index is 1.57. The van der Waals surface area contributed by atoms with Crippen LogP contribution >= 0.6 is 22.9 Å². The second-order valence-corrected chi connectivity index (χ2v) is 6.62. The van der Waals surface area contributed by atoms with Gasteiger partial charge in [0.1, 0.15) is 0 Å². The molecule has 1 aromatic heterocycles. The van der Waals surface area contributed by atoms with Crippen LogP contribution in [0.2, 0.25) is 4.34 Å². The molecule has 0 aromatic carbocycles. The third-order valence-corrected chi connectivity index (χ3v) is 4.84. The Morgan fingerprint density at radius 2 is 2.05 bits per heavy atom. The summed E-state index contributed by atoms with van der Waals surface area (Å²) >= 11 is 7.14. The van der Waals surface area contributed by atoms with Crippen molar-refractivity contribution in [2.45, 2.75) is 37.5 Å². The van der Waals surface area contributed by atoms with Crippen molar-refractivity contribution in [1.82, 2.24) is 5.32 Å². The number of rotatable bonds is 2. The van der Waals surface area contributed by atoms with Crippen molar-refractivity contribution in [3.63, 3.8) is 0 Å². The topological polar surface area (TPSA) is 47.6 Å². The summed E-state index contributed by atoms with van der Waals surface area (Å²) in [6.45, 7) is 1.34. The molecule has 104 valence electrons. The van der Waals surface area contributed by atoms with E-state index in [0.717, 1.165) is 19.3 Å². The summed E-state index contributed by atoms with van der Waals surface area (Å²) in [4.78, 5) is 12.7. The predicted octanol–water partition coefficient (Wildman–Crippen LogP) is 2.47. The lowest BCUT2D eigenvalue weighted by Gasteiger charge is -2.39. The molecule has 19 heavy (non-hydrogen) atoms. The molecular formula is C13H16ClNO3S. The van der Waals surface area contributed by atoms with E-state index in [1.807, 2.05) is 0 Å². The van der Waals surface area contributed by atoms with Gasteiger partial charge in [-0.15, -0.1) is 11.3 Å². The first-order chi connectivity index (χ1) is 9.22. The van der Waals surface area contributed by atoms with E-state index >= 15 is 0 Å². The highest BCUT2D eigenvalue weighted by Gasteiger charge is 2.34. The van der Waals surface area contributed by atoms with Crippen LogP contribution in [0.3, 0.4) is 0 Å². The van der Waals surface area contributed by atoms with Crippen LogP contribution in [0.15, 0.2) is 12.1 Å². The number of carbonyl (C=O) groups excluding carboxylic acids is 1. The molecule has 1 saturated heterocycles. The van der Waals surface area contributed by atoms with Crippen molar-refractivity contribution in [1.29, 1.82) is 0 Å². The van der Waals surface area contributed by atoms with Gasteiger partial charge in [0.25, 0.3) is 5.91 Å². The molecule has 0 bridgehead atoms. The second kappa shape index (κ2) is 5.79. The highest BCUT2D eigenvalue weighted by atomic mass is 35.5. The third kappa shape index (κ3) is 3.11. The zero-order valence-electron chi connectivity index (χ0n) is 10.4. The molecule has 0 unspecified atom stereocenters. The number of carbonyl (C=O) groups is 1. The van der Waals surface area contributed by atoms with Crippen LogP contribution in [-0.4, -0.2) is 37.4 Å². The monoisotopic (exact) mass is 301 g/mol. The van der Waals surface area contributed by atoms with Gasteiger partial charge in [0.05, 0.1) is 34.6 Å². The SMILES string of the molecule is O=C(N[C@@H]1CC[C@H]2OCCO[C@@H]2C1)c1ccc(Cl)s1. The maximum atomic E-state index is 12.1. The van der Waals surface area contributed by atoms with Crippen LogP contribution in [0.5, 0.6) is 0 Å². The molecule has 1 amide bonds. The Bertz CT molecular complexity index is 464. The number of thiophene rings is 1. The van der Waals surface area contributed by atoms with Gasteiger partial charge in [-0.3, -0.25) is 4.79 Å². The zero-order chi connectivity index (χ0) is 13.2. The van der Waals surface area contributed by atoms with Crippen molar-refractivity contribution in [2.75, 3.05) is 13.2 Å². The predicted molar refractivity (Wildman–Crippen MR) is 73.9 cm³/mol. The van der Waals surface area contributed by atoms with Gasteiger partial charge in [-0.2, -0.15) is 0 Å². The molecule has 1 aromatic rings. The van der Waals surface area contributed by atoms with Gasteiger partial charge in [0, 0.05) is 6.04 Å². The van der Waals surface area contributed by atoms with Crippen LogP contribution in [0.25, 0.3) is 0 Å². The summed E-state index contributed by atoms with van der Waals surface area (Å²) in [5.41, 5.74) is 0. The number of amides is 1. The van der Waals surface area contributed by atoms with Crippen LogP contribution < -0.4 is 5.32 Å². The van der Waals surface area contributed by atoms with Gasteiger partial charge in [0.2, 0.25) is 0 Å².